The van der Waals surface area contributed by atoms with Gasteiger partial charge in [-0.1, -0.05) is 29.7 Å². The molecule has 0 spiro atoms. The quantitative estimate of drug-likeness (QED) is 0.493. The summed E-state index contributed by atoms with van der Waals surface area (Å²) in [6.45, 7) is 5.72. The highest BCUT2D eigenvalue weighted by Crippen LogP contribution is 1.87. The number of ether oxygens (including phenoxy) is 6. The van der Waals surface area contributed by atoms with Crippen LogP contribution in [0.1, 0.15) is 49.5 Å². The Balaban J connectivity index is -0.0000000363. The molecule has 0 saturated heterocycles. The van der Waals surface area contributed by atoms with Gasteiger partial charge in [-0.3, -0.25) is 0 Å². The van der Waals surface area contributed by atoms with E-state index in [1.165, 1.54) is 0 Å². The molecule has 6 nitrogen and oxygen atoms in total. The van der Waals surface area contributed by atoms with Gasteiger partial charge < -0.3 is 28.4 Å². The van der Waals surface area contributed by atoms with Crippen LogP contribution in [-0.2, 0) is 28.4 Å². The van der Waals surface area contributed by atoms with Crippen molar-refractivity contribution in [2.75, 3.05) is 75.7 Å². The molecule has 0 aromatic heterocycles. The molecule has 0 aromatic carbocycles. The average Bonchev–Trinajstić information content (AvgIpc) is 2.51. The highest BCUT2D eigenvalue weighted by atomic mass is 16.5. The lowest BCUT2D eigenvalue weighted by Crippen LogP contribution is -2.11. The van der Waals surface area contributed by atoms with Crippen molar-refractivity contribution in [3.63, 3.8) is 0 Å². The van der Waals surface area contributed by atoms with E-state index in [1.54, 1.807) is 42.7 Å². The largest absolute Gasteiger partial charge is 0.385 e. The van der Waals surface area contributed by atoms with E-state index in [-0.39, 0.29) is 35.8 Å². The van der Waals surface area contributed by atoms with Crippen molar-refractivity contribution in [1.29, 1.82) is 0 Å². The van der Waals surface area contributed by atoms with Crippen molar-refractivity contribution in [3.05, 3.63) is 0 Å². The van der Waals surface area contributed by atoms with Crippen LogP contribution in [0.5, 0.6) is 0 Å². The maximum Gasteiger partial charge on any atom is 0.0776 e. The van der Waals surface area contributed by atoms with Crippen molar-refractivity contribution in [2.24, 2.45) is 0 Å². The van der Waals surface area contributed by atoms with Crippen LogP contribution in [0.15, 0.2) is 0 Å². The van der Waals surface area contributed by atoms with E-state index in [1.807, 2.05) is 6.92 Å². The van der Waals surface area contributed by atoms with Crippen LogP contribution in [0.2, 0.25) is 0 Å². The van der Waals surface area contributed by atoms with E-state index in [0.717, 1.165) is 26.1 Å². The van der Waals surface area contributed by atoms with E-state index in [9.17, 15) is 0 Å². The second-order valence-corrected chi connectivity index (χ2v) is 4.18. The van der Waals surface area contributed by atoms with Crippen LogP contribution in [0.4, 0.5) is 0 Å². The summed E-state index contributed by atoms with van der Waals surface area (Å²) < 4.78 is 28.6. The lowest BCUT2D eigenvalue weighted by molar-refractivity contribution is 0.0401. The van der Waals surface area contributed by atoms with Gasteiger partial charge >= 0.3 is 0 Å². The second kappa shape index (κ2) is 49.6. The minimum absolute atomic E-state index is 0. The third-order valence-electron chi connectivity index (χ3n) is 2.24. The Bertz CT molecular complexity index is 138. The number of methoxy groups -OCH3 is 6. The molecule has 0 heterocycles. The van der Waals surface area contributed by atoms with Crippen molar-refractivity contribution in [2.45, 2.75) is 55.6 Å². The highest BCUT2D eigenvalue weighted by molar-refractivity contribution is 4.41. The van der Waals surface area contributed by atoms with E-state index in [4.69, 9.17) is 18.9 Å². The lowest BCUT2D eigenvalue weighted by atomic mass is 10.3. The number of hydrogen-bond acceptors (Lipinski definition) is 6. The van der Waals surface area contributed by atoms with E-state index in [0.29, 0.717) is 19.8 Å². The first-order valence-electron chi connectivity index (χ1n) is 7.11. The molecule has 0 aliphatic heterocycles. The van der Waals surface area contributed by atoms with Crippen molar-refractivity contribution in [3.8, 4) is 0 Å². The molecule has 0 saturated carbocycles. The molecular formula is C19H52O6. The molecule has 1 atom stereocenters. The van der Waals surface area contributed by atoms with Crippen LogP contribution >= 0.6 is 0 Å². The third kappa shape index (κ3) is 69.1. The molecular weight excluding hydrogens is 324 g/mol. The highest BCUT2D eigenvalue weighted by Gasteiger charge is 1.93. The molecule has 0 N–H and O–H groups in total. The summed E-state index contributed by atoms with van der Waals surface area (Å²) in [6.07, 6.45) is 2.43. The number of unbranched alkanes of at least 4 members (excludes halogenated alkanes) is 1. The smallest absolute Gasteiger partial charge is 0.0776 e. The maximum atomic E-state index is 4.87. The first-order chi connectivity index (χ1) is 10.1. The normalized spacial score (nSPS) is 9.24. The van der Waals surface area contributed by atoms with Crippen LogP contribution in [-0.4, -0.2) is 81.8 Å². The molecule has 25 heavy (non-hydrogen) atoms. The van der Waals surface area contributed by atoms with Gasteiger partial charge in [-0.25, -0.2) is 0 Å². The van der Waals surface area contributed by atoms with Gasteiger partial charge in [0.2, 0.25) is 0 Å². The molecule has 6 heteroatoms. The molecule has 0 amide bonds. The van der Waals surface area contributed by atoms with Gasteiger partial charge in [0.25, 0.3) is 0 Å². The van der Waals surface area contributed by atoms with E-state index in [2.05, 4.69) is 9.47 Å². The number of hydrogen-bond donors (Lipinski definition) is 0. The zero-order valence-corrected chi connectivity index (χ0v) is 15.0. The summed E-state index contributed by atoms with van der Waals surface area (Å²) in [5.41, 5.74) is 0. The lowest BCUT2D eigenvalue weighted by Gasteiger charge is -2.05. The molecule has 0 aromatic rings. The Hall–Kier alpha value is -0.240. The van der Waals surface area contributed by atoms with Crippen LogP contribution < -0.4 is 0 Å². The molecule has 0 rings (SSSR count). The average molecular weight is 377 g/mol. The monoisotopic (exact) mass is 376 g/mol. The summed E-state index contributed by atoms with van der Waals surface area (Å²) in [5.74, 6) is 0. The van der Waals surface area contributed by atoms with Gasteiger partial charge in [0.1, 0.15) is 0 Å². The first-order valence-corrected chi connectivity index (χ1v) is 7.11. The topological polar surface area (TPSA) is 55.4 Å². The predicted molar refractivity (Wildman–Crippen MR) is 112 cm³/mol. The first kappa shape index (κ1) is 44.3. The fraction of sp³-hybridized carbons (Fsp3) is 1.00. The Morgan fingerprint density at radius 3 is 1.00 bits per heavy atom. The van der Waals surface area contributed by atoms with Gasteiger partial charge in [-0.05, 0) is 19.8 Å². The molecule has 0 aliphatic carbocycles. The summed E-state index contributed by atoms with van der Waals surface area (Å²) in [6, 6.07) is 0. The third-order valence-corrected chi connectivity index (χ3v) is 2.24. The van der Waals surface area contributed by atoms with Crippen molar-refractivity contribution in [1.82, 2.24) is 0 Å². The zero-order chi connectivity index (χ0) is 16.8. The van der Waals surface area contributed by atoms with Crippen LogP contribution in [0.3, 0.4) is 0 Å². The molecule has 0 bridgehead atoms. The summed E-state index contributed by atoms with van der Waals surface area (Å²) >= 11 is 0. The van der Waals surface area contributed by atoms with Gasteiger partial charge in [-0.2, -0.15) is 0 Å². The van der Waals surface area contributed by atoms with Gasteiger partial charge in [0, 0.05) is 55.9 Å². The van der Waals surface area contributed by atoms with Gasteiger partial charge in [0.15, 0.2) is 0 Å². The van der Waals surface area contributed by atoms with E-state index >= 15 is 0 Å². The SMILES string of the molecule is C.C.C.C.COCC(C)OC.COCCCCOC.COCCOC. The molecule has 1 unspecified atom stereocenters. The van der Waals surface area contributed by atoms with Gasteiger partial charge in [-0.15, -0.1) is 0 Å². The Kier molecular flexibility index (Phi) is 87.8. The van der Waals surface area contributed by atoms with Crippen LogP contribution in [0, 0.1) is 0 Å². The minimum Gasteiger partial charge on any atom is -0.385 e. The van der Waals surface area contributed by atoms with Crippen LogP contribution in [0.25, 0.3) is 0 Å². The Morgan fingerprint density at radius 2 is 0.840 bits per heavy atom. The molecule has 0 fully saturated rings. The van der Waals surface area contributed by atoms with Crippen molar-refractivity contribution < 1.29 is 28.4 Å². The summed E-state index contributed by atoms with van der Waals surface area (Å²) in [5, 5.41) is 0. The van der Waals surface area contributed by atoms with Crippen molar-refractivity contribution >= 4 is 0 Å². The zero-order valence-electron chi connectivity index (χ0n) is 15.0. The fourth-order valence-electron chi connectivity index (χ4n) is 0.962. The molecule has 0 radical (unpaired) electrons. The maximum absolute atomic E-state index is 4.87. The Labute approximate surface area is 160 Å². The molecule has 164 valence electrons. The summed E-state index contributed by atoms with van der Waals surface area (Å²) in [7, 11) is 10.1. The van der Waals surface area contributed by atoms with Gasteiger partial charge in [0.05, 0.1) is 25.9 Å². The minimum atomic E-state index is 0. The number of rotatable bonds is 11. The standard InChI is InChI=1S/C6H14O2.C5H12O2.C4H10O2.4CH4/c1-7-5-3-4-6-8-2;1-5(7-3)4-6-2;1-5-3-4-6-2;;;;/h3-6H2,1-2H3;5H,4H2,1-3H3;3-4H2,1-2H3;4*1H4. The summed E-state index contributed by atoms with van der Waals surface area (Å²) in [4.78, 5) is 0. The predicted octanol–water partition coefficient (Wildman–Crippen LogP) is 4.55. The van der Waals surface area contributed by atoms with E-state index < -0.39 is 0 Å². The Morgan fingerprint density at radius 1 is 0.520 bits per heavy atom. The fourth-order valence-corrected chi connectivity index (χ4v) is 0.962. The second-order valence-electron chi connectivity index (χ2n) is 4.18. The molecule has 0 aliphatic rings.